The van der Waals surface area contributed by atoms with Crippen LogP contribution in [-0.4, -0.2) is 36.5 Å². The van der Waals surface area contributed by atoms with Crippen molar-refractivity contribution in [2.45, 2.75) is 19.0 Å². The number of hydrogen-bond acceptors (Lipinski definition) is 4. The van der Waals surface area contributed by atoms with Crippen LogP contribution < -0.4 is 5.32 Å². The third kappa shape index (κ3) is 4.03. The lowest BCUT2D eigenvalue weighted by molar-refractivity contribution is -0.148. The predicted octanol–water partition coefficient (Wildman–Crippen LogP) is 3.02. The molecule has 0 saturated heterocycles. The van der Waals surface area contributed by atoms with Gasteiger partial charge in [-0.2, -0.15) is 0 Å². The van der Waals surface area contributed by atoms with E-state index in [2.05, 4.69) is 5.32 Å². The fraction of sp³-hybridized carbons (Fsp3) is 0.263. The van der Waals surface area contributed by atoms with E-state index in [-0.39, 0.29) is 23.4 Å². The van der Waals surface area contributed by atoms with E-state index in [0.29, 0.717) is 18.7 Å². The number of rotatable bonds is 4. The first-order valence-electron chi connectivity index (χ1n) is 8.11. The molecule has 1 aliphatic rings. The zero-order valence-corrected chi connectivity index (χ0v) is 14.9. The Morgan fingerprint density at radius 3 is 2.69 bits per heavy atom. The van der Waals surface area contributed by atoms with E-state index < -0.39 is 11.9 Å². The minimum atomic E-state index is -0.538. The Morgan fingerprint density at radius 2 is 2.00 bits per heavy atom. The smallest absolute Gasteiger partial charge is 0.323 e. The van der Waals surface area contributed by atoms with E-state index in [1.165, 1.54) is 19.2 Å². The fourth-order valence-electron chi connectivity index (χ4n) is 3.08. The van der Waals surface area contributed by atoms with Crippen molar-refractivity contribution < 1.29 is 18.7 Å². The molecule has 2 aromatic carbocycles. The highest BCUT2D eigenvalue weighted by Gasteiger charge is 2.33. The molecule has 0 unspecified atom stereocenters. The molecule has 5 nitrogen and oxygen atoms in total. The largest absolute Gasteiger partial charge is 0.468 e. The van der Waals surface area contributed by atoms with Gasteiger partial charge in [0.15, 0.2) is 0 Å². The lowest BCUT2D eigenvalue weighted by atomic mass is 9.94. The molecule has 0 bridgehead atoms. The molecule has 1 aliphatic heterocycles. The molecule has 0 fully saturated rings. The predicted molar refractivity (Wildman–Crippen MR) is 96.4 cm³/mol. The van der Waals surface area contributed by atoms with Crippen LogP contribution in [-0.2, 0) is 27.3 Å². The number of benzene rings is 2. The summed E-state index contributed by atoms with van der Waals surface area (Å²) >= 11 is 5.94. The van der Waals surface area contributed by atoms with Gasteiger partial charge in [-0.1, -0.05) is 35.9 Å². The molecule has 2 aromatic rings. The van der Waals surface area contributed by atoms with Gasteiger partial charge >= 0.3 is 5.97 Å². The van der Waals surface area contributed by atoms with Gasteiger partial charge in [0.1, 0.15) is 11.9 Å². The van der Waals surface area contributed by atoms with Crippen LogP contribution in [0.4, 0.5) is 10.1 Å². The quantitative estimate of drug-likeness (QED) is 0.833. The molecular formula is C19H18ClFN2O3. The van der Waals surface area contributed by atoms with E-state index in [1.807, 2.05) is 24.3 Å². The Morgan fingerprint density at radius 1 is 1.27 bits per heavy atom. The number of methoxy groups -OCH3 is 1. The molecule has 0 radical (unpaired) electrons. The van der Waals surface area contributed by atoms with Crippen LogP contribution in [0.1, 0.15) is 11.1 Å². The van der Waals surface area contributed by atoms with E-state index in [9.17, 15) is 14.0 Å². The van der Waals surface area contributed by atoms with Crippen molar-refractivity contribution in [2.24, 2.45) is 0 Å². The summed E-state index contributed by atoms with van der Waals surface area (Å²) in [6.45, 7) is 0.447. The lowest BCUT2D eigenvalue weighted by Gasteiger charge is -2.34. The van der Waals surface area contributed by atoms with E-state index in [1.54, 1.807) is 4.90 Å². The van der Waals surface area contributed by atoms with Crippen LogP contribution in [0.5, 0.6) is 0 Å². The van der Waals surface area contributed by atoms with Crippen LogP contribution in [0.25, 0.3) is 0 Å². The van der Waals surface area contributed by atoms with Gasteiger partial charge in [0.25, 0.3) is 0 Å². The topological polar surface area (TPSA) is 58.6 Å². The molecule has 3 rings (SSSR count). The number of esters is 1. The van der Waals surface area contributed by atoms with Gasteiger partial charge in [0, 0.05) is 6.54 Å². The highest BCUT2D eigenvalue weighted by atomic mass is 35.5. The zero-order valence-electron chi connectivity index (χ0n) is 14.2. The Labute approximate surface area is 155 Å². The van der Waals surface area contributed by atoms with Gasteiger partial charge in [-0.15, -0.1) is 0 Å². The standard InChI is InChI=1S/C19H18ClFN2O3/c1-26-19(25)17-8-12-4-2-3-5-13(12)10-23(17)11-18(24)22-16-7-6-14(21)9-15(16)20/h2-7,9,17H,8,10-11H2,1H3,(H,22,24)/t17-/m0/s1. The summed E-state index contributed by atoms with van der Waals surface area (Å²) in [5.41, 5.74) is 2.46. The molecule has 1 amide bonds. The molecule has 0 spiro atoms. The summed E-state index contributed by atoms with van der Waals surface area (Å²) in [6.07, 6.45) is 0.480. The first-order valence-corrected chi connectivity index (χ1v) is 8.49. The highest BCUT2D eigenvalue weighted by Crippen LogP contribution is 2.25. The van der Waals surface area contributed by atoms with Crippen LogP contribution in [0.15, 0.2) is 42.5 Å². The second-order valence-electron chi connectivity index (χ2n) is 6.09. The highest BCUT2D eigenvalue weighted by molar-refractivity contribution is 6.33. The number of anilines is 1. The van der Waals surface area contributed by atoms with Crippen molar-refractivity contribution in [3.05, 3.63) is 64.4 Å². The third-order valence-corrected chi connectivity index (χ3v) is 4.68. The summed E-state index contributed by atoms with van der Waals surface area (Å²) < 4.78 is 18.0. The van der Waals surface area contributed by atoms with Gasteiger partial charge in [-0.25, -0.2) is 4.39 Å². The van der Waals surface area contributed by atoms with E-state index in [4.69, 9.17) is 16.3 Å². The van der Waals surface area contributed by atoms with Crippen molar-refractivity contribution in [2.75, 3.05) is 19.0 Å². The second-order valence-corrected chi connectivity index (χ2v) is 6.50. The van der Waals surface area contributed by atoms with Gasteiger partial charge in [0.05, 0.1) is 24.4 Å². The zero-order chi connectivity index (χ0) is 18.7. The summed E-state index contributed by atoms with van der Waals surface area (Å²) in [6, 6.07) is 11.0. The summed E-state index contributed by atoms with van der Waals surface area (Å²) in [7, 11) is 1.33. The summed E-state index contributed by atoms with van der Waals surface area (Å²) in [4.78, 5) is 26.4. The fourth-order valence-corrected chi connectivity index (χ4v) is 3.29. The van der Waals surface area contributed by atoms with Crippen molar-refractivity contribution in [1.82, 2.24) is 4.90 Å². The van der Waals surface area contributed by atoms with Gasteiger partial charge in [-0.3, -0.25) is 14.5 Å². The Balaban J connectivity index is 1.75. The molecule has 0 saturated carbocycles. The first-order chi connectivity index (χ1) is 12.5. The van der Waals surface area contributed by atoms with Crippen LogP contribution in [0, 0.1) is 5.82 Å². The number of carbonyl (C=O) groups is 2. The van der Waals surface area contributed by atoms with Crippen LogP contribution in [0.2, 0.25) is 5.02 Å². The van der Waals surface area contributed by atoms with Crippen molar-refractivity contribution in [3.8, 4) is 0 Å². The van der Waals surface area contributed by atoms with Crippen LogP contribution in [0.3, 0.4) is 0 Å². The van der Waals surface area contributed by atoms with Crippen LogP contribution >= 0.6 is 11.6 Å². The molecule has 1 N–H and O–H groups in total. The molecule has 26 heavy (non-hydrogen) atoms. The minimum absolute atomic E-state index is 0.0121. The number of amides is 1. The molecular weight excluding hydrogens is 359 g/mol. The third-order valence-electron chi connectivity index (χ3n) is 4.37. The average molecular weight is 377 g/mol. The normalized spacial score (nSPS) is 16.7. The van der Waals surface area contributed by atoms with Crippen molar-refractivity contribution >= 4 is 29.2 Å². The average Bonchev–Trinajstić information content (AvgIpc) is 2.63. The van der Waals surface area contributed by atoms with E-state index >= 15 is 0 Å². The lowest BCUT2D eigenvalue weighted by Crippen LogP contribution is -2.49. The first kappa shape index (κ1) is 18.4. The monoisotopic (exact) mass is 376 g/mol. The van der Waals surface area contributed by atoms with Gasteiger partial charge < -0.3 is 10.1 Å². The van der Waals surface area contributed by atoms with E-state index in [0.717, 1.165) is 17.2 Å². The maximum Gasteiger partial charge on any atom is 0.323 e. The molecule has 7 heteroatoms. The number of ether oxygens (including phenoxy) is 1. The number of carbonyl (C=O) groups excluding carboxylic acids is 2. The SMILES string of the molecule is COC(=O)[C@@H]1Cc2ccccc2CN1CC(=O)Nc1ccc(F)cc1Cl. The van der Waals surface area contributed by atoms with Gasteiger partial charge in [0.2, 0.25) is 5.91 Å². The minimum Gasteiger partial charge on any atom is -0.468 e. The maximum atomic E-state index is 13.1. The summed E-state index contributed by atoms with van der Waals surface area (Å²) in [5.74, 6) is -1.20. The number of nitrogens with zero attached hydrogens (tertiary/aromatic N) is 1. The molecule has 1 atom stereocenters. The molecule has 1 heterocycles. The van der Waals surface area contributed by atoms with Gasteiger partial charge in [-0.05, 0) is 35.7 Å². The number of nitrogens with one attached hydrogen (secondary N) is 1. The Kier molecular flexibility index (Phi) is 5.54. The molecule has 136 valence electrons. The molecule has 0 aliphatic carbocycles. The summed E-state index contributed by atoms with van der Waals surface area (Å²) in [5, 5.41) is 2.77. The second kappa shape index (κ2) is 7.85. The Hall–Kier alpha value is -2.44. The van der Waals surface area contributed by atoms with Crippen molar-refractivity contribution in [1.29, 1.82) is 0 Å². The Bertz CT molecular complexity index is 843. The molecule has 0 aromatic heterocycles. The van der Waals surface area contributed by atoms with Crippen molar-refractivity contribution in [3.63, 3.8) is 0 Å². The maximum absolute atomic E-state index is 13.1. The number of hydrogen-bond donors (Lipinski definition) is 1. The number of fused-ring (bicyclic) bond motifs is 1. The number of halogens is 2.